The molecule has 1 aromatic heterocycles. The number of benzene rings is 2. The highest BCUT2D eigenvalue weighted by atomic mass is 16.5. The maximum atomic E-state index is 12.4. The van der Waals surface area contributed by atoms with E-state index >= 15 is 0 Å². The number of anilines is 3. The zero-order valence-corrected chi connectivity index (χ0v) is 16.0. The smallest absolute Gasteiger partial charge is 0.275 e. The van der Waals surface area contributed by atoms with Crippen LogP contribution in [-0.2, 0) is 0 Å². The molecule has 2 N–H and O–H groups in total. The number of nitrogens with one attached hydrogen (secondary N) is 2. The SMILES string of the molecule is COc1cccc(NC(=O)c2cnc(Nc3ccccc3OC(C)C)cn2)c1. The molecular weight excluding hydrogens is 356 g/mol. The lowest BCUT2D eigenvalue weighted by Crippen LogP contribution is -2.14. The molecule has 28 heavy (non-hydrogen) atoms. The topological polar surface area (TPSA) is 85.4 Å². The van der Waals surface area contributed by atoms with Crippen molar-refractivity contribution in [3.8, 4) is 11.5 Å². The Morgan fingerprint density at radius 1 is 1.04 bits per heavy atom. The van der Waals surface area contributed by atoms with Crippen molar-refractivity contribution >= 4 is 23.1 Å². The molecule has 0 atom stereocenters. The Morgan fingerprint density at radius 3 is 2.57 bits per heavy atom. The zero-order chi connectivity index (χ0) is 19.9. The number of aromatic nitrogens is 2. The van der Waals surface area contributed by atoms with Gasteiger partial charge in [-0.1, -0.05) is 18.2 Å². The fourth-order valence-electron chi connectivity index (χ4n) is 2.47. The van der Waals surface area contributed by atoms with E-state index in [1.165, 1.54) is 12.4 Å². The van der Waals surface area contributed by atoms with Gasteiger partial charge < -0.3 is 20.1 Å². The second-order valence-corrected chi connectivity index (χ2v) is 6.26. The second-order valence-electron chi connectivity index (χ2n) is 6.26. The molecule has 0 aliphatic rings. The number of methoxy groups -OCH3 is 1. The molecule has 1 amide bonds. The molecule has 7 nitrogen and oxygen atoms in total. The summed E-state index contributed by atoms with van der Waals surface area (Å²) in [7, 11) is 1.57. The molecule has 0 aliphatic heterocycles. The van der Waals surface area contributed by atoms with Gasteiger partial charge in [0.1, 0.15) is 23.0 Å². The summed E-state index contributed by atoms with van der Waals surface area (Å²) < 4.78 is 10.9. The normalized spacial score (nSPS) is 10.4. The number of rotatable bonds is 7. The highest BCUT2D eigenvalue weighted by Crippen LogP contribution is 2.27. The van der Waals surface area contributed by atoms with Gasteiger partial charge in [0.05, 0.1) is 31.3 Å². The minimum atomic E-state index is -0.351. The van der Waals surface area contributed by atoms with Gasteiger partial charge in [-0.2, -0.15) is 0 Å². The number of ether oxygens (including phenoxy) is 2. The van der Waals surface area contributed by atoms with E-state index in [4.69, 9.17) is 9.47 Å². The largest absolute Gasteiger partial charge is 0.497 e. The van der Waals surface area contributed by atoms with Crippen LogP contribution in [0.15, 0.2) is 60.9 Å². The molecule has 7 heteroatoms. The van der Waals surface area contributed by atoms with Gasteiger partial charge in [-0.25, -0.2) is 9.97 Å². The van der Waals surface area contributed by atoms with Crippen LogP contribution in [0.3, 0.4) is 0 Å². The highest BCUT2D eigenvalue weighted by molar-refractivity contribution is 6.02. The van der Waals surface area contributed by atoms with E-state index in [9.17, 15) is 4.79 Å². The predicted octanol–water partition coefficient (Wildman–Crippen LogP) is 4.27. The van der Waals surface area contributed by atoms with Gasteiger partial charge >= 0.3 is 0 Å². The first kappa shape index (κ1) is 19.2. The molecule has 0 saturated carbocycles. The Balaban J connectivity index is 1.69. The lowest BCUT2D eigenvalue weighted by Gasteiger charge is -2.15. The quantitative estimate of drug-likeness (QED) is 0.639. The van der Waals surface area contributed by atoms with Crippen LogP contribution in [0, 0.1) is 0 Å². The van der Waals surface area contributed by atoms with Crippen LogP contribution in [0.2, 0.25) is 0 Å². The van der Waals surface area contributed by atoms with Crippen LogP contribution in [0.25, 0.3) is 0 Å². The van der Waals surface area contributed by atoms with E-state index < -0.39 is 0 Å². The van der Waals surface area contributed by atoms with Gasteiger partial charge in [0.2, 0.25) is 0 Å². The molecule has 0 fully saturated rings. The Bertz CT molecular complexity index is 942. The average molecular weight is 378 g/mol. The molecule has 2 aromatic carbocycles. The maximum Gasteiger partial charge on any atom is 0.275 e. The third-order valence-corrected chi connectivity index (χ3v) is 3.72. The van der Waals surface area contributed by atoms with Gasteiger partial charge in [-0.05, 0) is 38.1 Å². The van der Waals surface area contributed by atoms with E-state index in [0.29, 0.717) is 17.3 Å². The number of carbonyl (C=O) groups is 1. The van der Waals surface area contributed by atoms with Crippen molar-refractivity contribution in [2.24, 2.45) is 0 Å². The maximum absolute atomic E-state index is 12.4. The Hall–Kier alpha value is -3.61. The first-order valence-electron chi connectivity index (χ1n) is 8.85. The van der Waals surface area contributed by atoms with Crippen molar-refractivity contribution in [3.63, 3.8) is 0 Å². The lowest BCUT2D eigenvalue weighted by molar-refractivity contribution is 0.102. The summed E-state index contributed by atoms with van der Waals surface area (Å²) in [6, 6.07) is 14.7. The lowest BCUT2D eigenvalue weighted by atomic mass is 10.3. The first-order chi connectivity index (χ1) is 13.5. The van der Waals surface area contributed by atoms with Gasteiger partial charge in [-0.15, -0.1) is 0 Å². The van der Waals surface area contributed by atoms with Crippen molar-refractivity contribution in [2.45, 2.75) is 20.0 Å². The van der Waals surface area contributed by atoms with Crippen molar-refractivity contribution in [3.05, 3.63) is 66.6 Å². The Morgan fingerprint density at radius 2 is 1.86 bits per heavy atom. The highest BCUT2D eigenvalue weighted by Gasteiger charge is 2.10. The first-order valence-corrected chi connectivity index (χ1v) is 8.85. The van der Waals surface area contributed by atoms with Crippen LogP contribution in [0.1, 0.15) is 24.3 Å². The summed E-state index contributed by atoms with van der Waals surface area (Å²) in [4.78, 5) is 20.8. The Kier molecular flexibility index (Phi) is 6.06. The molecule has 0 saturated heterocycles. The molecule has 0 unspecified atom stereocenters. The number of carbonyl (C=O) groups excluding carboxylic acids is 1. The van der Waals surface area contributed by atoms with Gasteiger partial charge in [-0.3, -0.25) is 4.79 Å². The molecule has 144 valence electrons. The van der Waals surface area contributed by atoms with Crippen LogP contribution in [0.4, 0.5) is 17.2 Å². The average Bonchev–Trinajstić information content (AvgIpc) is 2.70. The third kappa shape index (κ3) is 4.97. The number of para-hydroxylation sites is 2. The van der Waals surface area contributed by atoms with Gasteiger partial charge in [0.25, 0.3) is 5.91 Å². The number of amides is 1. The molecule has 0 radical (unpaired) electrons. The van der Waals surface area contributed by atoms with Crippen LogP contribution >= 0.6 is 0 Å². The van der Waals surface area contributed by atoms with E-state index in [2.05, 4.69) is 20.6 Å². The molecule has 1 heterocycles. The van der Waals surface area contributed by atoms with Gasteiger partial charge in [0.15, 0.2) is 0 Å². The summed E-state index contributed by atoms with van der Waals surface area (Å²) >= 11 is 0. The zero-order valence-electron chi connectivity index (χ0n) is 16.0. The number of hydrogen-bond donors (Lipinski definition) is 2. The molecule has 3 rings (SSSR count). The van der Waals surface area contributed by atoms with E-state index in [1.54, 1.807) is 31.4 Å². The van der Waals surface area contributed by atoms with E-state index in [-0.39, 0.29) is 17.7 Å². The molecule has 3 aromatic rings. The Labute approximate surface area is 163 Å². The minimum Gasteiger partial charge on any atom is -0.497 e. The minimum absolute atomic E-state index is 0.0525. The van der Waals surface area contributed by atoms with Crippen molar-refractivity contribution < 1.29 is 14.3 Å². The van der Waals surface area contributed by atoms with Crippen molar-refractivity contribution in [1.29, 1.82) is 0 Å². The summed E-state index contributed by atoms with van der Waals surface area (Å²) in [5, 5.41) is 5.93. The van der Waals surface area contributed by atoms with Crippen LogP contribution in [0.5, 0.6) is 11.5 Å². The van der Waals surface area contributed by atoms with Crippen molar-refractivity contribution in [2.75, 3.05) is 17.7 Å². The fraction of sp³-hybridized carbons (Fsp3) is 0.190. The summed E-state index contributed by atoms with van der Waals surface area (Å²) in [6.07, 6.45) is 2.98. The van der Waals surface area contributed by atoms with E-state index in [1.807, 2.05) is 38.1 Å². The van der Waals surface area contributed by atoms with E-state index in [0.717, 1.165) is 11.4 Å². The summed E-state index contributed by atoms with van der Waals surface area (Å²) in [5.74, 6) is 1.54. The number of hydrogen-bond acceptors (Lipinski definition) is 6. The fourth-order valence-corrected chi connectivity index (χ4v) is 2.47. The monoisotopic (exact) mass is 378 g/mol. The molecule has 0 spiro atoms. The molecular formula is C21H22N4O3. The van der Waals surface area contributed by atoms with Crippen LogP contribution < -0.4 is 20.1 Å². The summed E-state index contributed by atoms with van der Waals surface area (Å²) in [5.41, 5.74) is 1.60. The standard InChI is InChI=1S/C21H22N4O3/c1-14(2)28-19-10-5-4-9-17(19)25-20-13-22-18(12-23-20)21(26)24-15-7-6-8-16(11-15)27-3/h4-14H,1-3H3,(H,23,25)(H,24,26). The van der Waals surface area contributed by atoms with Crippen LogP contribution in [-0.4, -0.2) is 29.1 Å². The van der Waals surface area contributed by atoms with Crippen molar-refractivity contribution in [1.82, 2.24) is 9.97 Å². The third-order valence-electron chi connectivity index (χ3n) is 3.72. The summed E-state index contributed by atoms with van der Waals surface area (Å²) in [6.45, 7) is 3.93. The molecule has 0 bridgehead atoms. The molecule has 0 aliphatic carbocycles. The number of nitrogens with zero attached hydrogens (tertiary/aromatic N) is 2. The second kappa shape index (κ2) is 8.85. The van der Waals surface area contributed by atoms with Gasteiger partial charge in [0, 0.05) is 11.8 Å². The predicted molar refractivity (Wildman–Crippen MR) is 108 cm³/mol.